The average Bonchev–Trinajstić information content (AvgIpc) is 2.53. The molecule has 2 unspecified atom stereocenters. The van der Waals surface area contributed by atoms with Gasteiger partial charge in [0, 0.05) is 17.5 Å². The topological polar surface area (TPSA) is 32.3 Å². The van der Waals surface area contributed by atoms with Crippen molar-refractivity contribution in [3.05, 3.63) is 65.7 Å². The van der Waals surface area contributed by atoms with E-state index in [0.29, 0.717) is 11.8 Å². The van der Waals surface area contributed by atoms with Crippen LogP contribution in [0, 0.1) is 0 Å². The first-order valence-electron chi connectivity index (χ1n) is 7.78. The first kappa shape index (κ1) is 18.5. The summed E-state index contributed by atoms with van der Waals surface area (Å²) in [5.74, 6) is 0.610. The van der Waals surface area contributed by atoms with Gasteiger partial charge in [0.25, 0.3) is 0 Å². The molecular formula is C19H26ClNO. The summed E-state index contributed by atoms with van der Waals surface area (Å²) in [4.78, 5) is 0. The van der Waals surface area contributed by atoms with Crippen molar-refractivity contribution in [2.45, 2.75) is 38.6 Å². The Labute approximate surface area is 140 Å². The molecule has 0 aliphatic rings. The van der Waals surface area contributed by atoms with Crippen LogP contribution in [0.3, 0.4) is 0 Å². The van der Waals surface area contributed by atoms with Crippen molar-refractivity contribution in [1.82, 2.24) is 5.32 Å². The molecule has 22 heavy (non-hydrogen) atoms. The van der Waals surface area contributed by atoms with Crippen LogP contribution in [0.15, 0.2) is 54.6 Å². The Balaban J connectivity index is 0.00000242. The predicted molar refractivity (Wildman–Crippen MR) is 96.0 cm³/mol. The fraction of sp³-hybridized carbons (Fsp3) is 0.368. The Bertz CT molecular complexity index is 544. The van der Waals surface area contributed by atoms with Crippen molar-refractivity contribution in [3.63, 3.8) is 0 Å². The van der Waals surface area contributed by atoms with E-state index in [9.17, 15) is 5.11 Å². The molecule has 2 nitrogen and oxygen atoms in total. The Kier molecular flexibility index (Phi) is 8.00. The molecule has 2 aromatic carbocycles. The van der Waals surface area contributed by atoms with E-state index in [-0.39, 0.29) is 18.3 Å². The third-order valence-electron chi connectivity index (χ3n) is 4.05. The van der Waals surface area contributed by atoms with E-state index in [1.165, 1.54) is 5.56 Å². The number of para-hydroxylation sites is 1. The molecule has 3 heteroatoms. The zero-order chi connectivity index (χ0) is 15.1. The lowest BCUT2D eigenvalue weighted by Crippen LogP contribution is -2.27. The molecule has 0 saturated heterocycles. The summed E-state index contributed by atoms with van der Waals surface area (Å²) < 4.78 is 0. The van der Waals surface area contributed by atoms with Crippen molar-refractivity contribution >= 4 is 12.4 Å². The lowest BCUT2D eigenvalue weighted by molar-refractivity contribution is 0.458. The third kappa shape index (κ3) is 5.04. The van der Waals surface area contributed by atoms with Gasteiger partial charge in [-0.2, -0.15) is 0 Å². The zero-order valence-corrected chi connectivity index (χ0v) is 14.1. The molecule has 0 aromatic heterocycles. The van der Waals surface area contributed by atoms with Gasteiger partial charge < -0.3 is 10.4 Å². The summed E-state index contributed by atoms with van der Waals surface area (Å²) in [5, 5.41) is 13.7. The Morgan fingerprint density at radius 3 is 2.27 bits per heavy atom. The maximum Gasteiger partial charge on any atom is 0.119 e. The number of hydrogen-bond acceptors (Lipinski definition) is 2. The van der Waals surface area contributed by atoms with Gasteiger partial charge >= 0.3 is 0 Å². The maximum absolute atomic E-state index is 10.2. The van der Waals surface area contributed by atoms with Gasteiger partial charge in [0.2, 0.25) is 0 Å². The van der Waals surface area contributed by atoms with Gasteiger partial charge in [-0.1, -0.05) is 55.5 Å². The van der Waals surface area contributed by atoms with Crippen LogP contribution in [0.4, 0.5) is 0 Å². The number of phenols is 1. The highest BCUT2D eigenvalue weighted by molar-refractivity contribution is 5.85. The maximum atomic E-state index is 10.2. The van der Waals surface area contributed by atoms with Crippen LogP contribution in [0.1, 0.15) is 43.7 Å². The number of rotatable bonds is 7. The van der Waals surface area contributed by atoms with E-state index in [1.54, 1.807) is 6.07 Å². The lowest BCUT2D eigenvalue weighted by atomic mass is 9.88. The van der Waals surface area contributed by atoms with Crippen molar-refractivity contribution in [2.24, 2.45) is 0 Å². The first-order chi connectivity index (χ1) is 10.2. The largest absolute Gasteiger partial charge is 0.508 e. The zero-order valence-electron chi connectivity index (χ0n) is 13.3. The smallest absolute Gasteiger partial charge is 0.119 e. The van der Waals surface area contributed by atoms with Crippen LogP contribution in [0.5, 0.6) is 5.75 Å². The van der Waals surface area contributed by atoms with Gasteiger partial charge in [0.05, 0.1) is 0 Å². The van der Waals surface area contributed by atoms with Gasteiger partial charge in [0.1, 0.15) is 5.75 Å². The number of phenolic OH excluding ortho intramolecular Hbond substituents is 1. The number of halogens is 1. The molecule has 2 N–H and O–H groups in total. The molecule has 0 bridgehead atoms. The molecule has 0 fully saturated rings. The van der Waals surface area contributed by atoms with E-state index < -0.39 is 0 Å². The van der Waals surface area contributed by atoms with E-state index >= 15 is 0 Å². The van der Waals surface area contributed by atoms with Gasteiger partial charge in [0.15, 0.2) is 0 Å². The fourth-order valence-corrected chi connectivity index (χ4v) is 2.59. The van der Waals surface area contributed by atoms with E-state index in [2.05, 4.69) is 43.4 Å². The van der Waals surface area contributed by atoms with Crippen LogP contribution < -0.4 is 5.32 Å². The summed E-state index contributed by atoms with van der Waals surface area (Å²) in [6, 6.07) is 18.6. The van der Waals surface area contributed by atoms with Crippen LogP contribution in [-0.4, -0.2) is 17.7 Å². The molecule has 120 valence electrons. The van der Waals surface area contributed by atoms with E-state index in [1.807, 2.05) is 24.3 Å². The summed E-state index contributed by atoms with van der Waals surface area (Å²) in [5.41, 5.74) is 2.26. The molecule has 0 saturated carbocycles. The van der Waals surface area contributed by atoms with Crippen LogP contribution in [0.2, 0.25) is 0 Å². The molecule has 2 rings (SSSR count). The van der Waals surface area contributed by atoms with Gasteiger partial charge in [-0.25, -0.2) is 0 Å². The minimum absolute atomic E-state index is 0. The van der Waals surface area contributed by atoms with E-state index in [0.717, 1.165) is 24.9 Å². The van der Waals surface area contributed by atoms with Gasteiger partial charge in [-0.3, -0.25) is 0 Å². The fourth-order valence-electron chi connectivity index (χ4n) is 2.59. The highest BCUT2D eigenvalue weighted by atomic mass is 35.5. The molecule has 0 aliphatic carbocycles. The number of nitrogens with one attached hydrogen (secondary N) is 1. The Morgan fingerprint density at radius 2 is 1.64 bits per heavy atom. The minimum Gasteiger partial charge on any atom is -0.508 e. The Morgan fingerprint density at radius 1 is 1.00 bits per heavy atom. The Hall–Kier alpha value is -1.51. The molecule has 0 spiro atoms. The lowest BCUT2D eigenvalue weighted by Gasteiger charge is -2.20. The van der Waals surface area contributed by atoms with Gasteiger partial charge in [-0.15, -0.1) is 12.4 Å². The first-order valence-corrected chi connectivity index (χ1v) is 7.78. The molecule has 0 radical (unpaired) electrons. The minimum atomic E-state index is 0. The molecule has 0 heterocycles. The van der Waals surface area contributed by atoms with Crippen molar-refractivity contribution in [1.29, 1.82) is 0 Å². The predicted octanol–water partition coefficient (Wildman–Crippen LogP) is 4.72. The number of hydrogen-bond donors (Lipinski definition) is 2. The van der Waals surface area contributed by atoms with Crippen LogP contribution in [0.25, 0.3) is 0 Å². The second-order valence-corrected chi connectivity index (χ2v) is 5.57. The highest BCUT2D eigenvalue weighted by Gasteiger charge is 2.17. The van der Waals surface area contributed by atoms with Crippen LogP contribution in [-0.2, 0) is 0 Å². The van der Waals surface area contributed by atoms with Crippen LogP contribution >= 0.6 is 12.4 Å². The quantitative estimate of drug-likeness (QED) is 0.773. The van der Waals surface area contributed by atoms with Gasteiger partial charge in [-0.05, 0) is 37.9 Å². The molecule has 2 atom stereocenters. The molecular weight excluding hydrogens is 294 g/mol. The summed E-state index contributed by atoms with van der Waals surface area (Å²) in [6.45, 7) is 5.34. The molecule has 0 aliphatic heterocycles. The second kappa shape index (κ2) is 9.50. The van der Waals surface area contributed by atoms with Crippen molar-refractivity contribution < 1.29 is 5.11 Å². The molecule has 0 amide bonds. The summed E-state index contributed by atoms with van der Waals surface area (Å²) >= 11 is 0. The molecule has 2 aromatic rings. The highest BCUT2D eigenvalue weighted by Crippen LogP contribution is 2.33. The standard InChI is InChI=1S/C19H25NO.ClH/c1-3-15(2)20-14-13-17(16-9-5-4-6-10-16)18-11-7-8-12-19(18)21;/h4-12,15,17,20-21H,3,13-14H2,1-2H3;1H. The third-order valence-corrected chi connectivity index (χ3v) is 4.05. The normalized spacial score (nSPS) is 13.2. The number of aromatic hydroxyl groups is 1. The monoisotopic (exact) mass is 319 g/mol. The van der Waals surface area contributed by atoms with E-state index in [4.69, 9.17) is 0 Å². The SMILES string of the molecule is CCC(C)NCCC(c1ccccc1)c1ccccc1O.Cl. The number of benzene rings is 2. The summed E-state index contributed by atoms with van der Waals surface area (Å²) in [7, 11) is 0. The summed E-state index contributed by atoms with van der Waals surface area (Å²) in [6.07, 6.45) is 2.11. The average molecular weight is 320 g/mol. The second-order valence-electron chi connectivity index (χ2n) is 5.57. The van der Waals surface area contributed by atoms with Crippen molar-refractivity contribution in [3.8, 4) is 5.75 Å². The van der Waals surface area contributed by atoms with Crippen molar-refractivity contribution in [2.75, 3.05) is 6.54 Å².